The van der Waals surface area contributed by atoms with Crippen molar-refractivity contribution in [3.8, 4) is 0 Å². The monoisotopic (exact) mass is 344 g/mol. The average Bonchev–Trinajstić information content (AvgIpc) is 2.67. The quantitative estimate of drug-likeness (QED) is 0.842. The molecule has 0 bridgehead atoms. The number of sulfonamides is 1. The number of nitrogens with one attached hydrogen (secondary N) is 1. The molecule has 0 saturated heterocycles. The molecule has 24 heavy (non-hydrogen) atoms. The minimum atomic E-state index is -3.55. The molecule has 4 nitrogen and oxygen atoms in total. The van der Waals surface area contributed by atoms with E-state index in [-0.39, 0.29) is 6.04 Å². The van der Waals surface area contributed by atoms with Gasteiger partial charge in [0.15, 0.2) is 0 Å². The van der Waals surface area contributed by atoms with Crippen LogP contribution in [0.1, 0.15) is 43.4 Å². The molecule has 1 atom stereocenters. The zero-order valence-electron chi connectivity index (χ0n) is 14.2. The summed E-state index contributed by atoms with van der Waals surface area (Å²) in [6.45, 7) is 3.04. The van der Waals surface area contributed by atoms with Crippen molar-refractivity contribution >= 4 is 15.7 Å². The Morgan fingerprint density at radius 1 is 1.00 bits per heavy atom. The number of hydrogen-bond acceptors (Lipinski definition) is 3. The Kier molecular flexibility index (Phi) is 4.92. The maximum absolute atomic E-state index is 13.0. The maximum atomic E-state index is 13.0. The summed E-state index contributed by atoms with van der Waals surface area (Å²) in [5.41, 5.74) is 2.57. The maximum Gasteiger partial charge on any atom is 0.264 e. The van der Waals surface area contributed by atoms with Gasteiger partial charge in [-0.25, -0.2) is 8.42 Å². The van der Waals surface area contributed by atoms with Gasteiger partial charge in [0.05, 0.1) is 16.6 Å². The molecule has 0 fully saturated rings. The second-order valence-electron chi connectivity index (χ2n) is 6.16. The van der Waals surface area contributed by atoms with E-state index in [4.69, 9.17) is 0 Å². The van der Waals surface area contributed by atoms with Crippen molar-refractivity contribution in [1.82, 2.24) is 5.32 Å². The van der Waals surface area contributed by atoms with Gasteiger partial charge in [-0.15, -0.1) is 0 Å². The summed E-state index contributed by atoms with van der Waals surface area (Å²) in [7, 11) is -1.92. The van der Waals surface area contributed by atoms with Gasteiger partial charge in [0.2, 0.25) is 0 Å². The third kappa shape index (κ3) is 2.94. The Bertz CT molecular complexity index is 818. The predicted molar refractivity (Wildman–Crippen MR) is 97.8 cm³/mol. The molecule has 3 rings (SSSR count). The van der Waals surface area contributed by atoms with Crippen LogP contribution in [0.25, 0.3) is 0 Å². The molecule has 5 heteroatoms. The van der Waals surface area contributed by atoms with Gasteiger partial charge in [0.1, 0.15) is 0 Å². The van der Waals surface area contributed by atoms with Crippen LogP contribution in [0.3, 0.4) is 0 Å². The summed E-state index contributed by atoms with van der Waals surface area (Å²) >= 11 is 0. The van der Waals surface area contributed by atoms with Crippen molar-refractivity contribution in [2.45, 2.75) is 37.1 Å². The van der Waals surface area contributed by atoms with E-state index in [9.17, 15) is 8.42 Å². The number of benzene rings is 2. The molecule has 0 saturated carbocycles. The fourth-order valence-electron chi connectivity index (χ4n) is 3.26. The van der Waals surface area contributed by atoms with E-state index in [0.29, 0.717) is 4.90 Å². The lowest BCUT2D eigenvalue weighted by Crippen LogP contribution is -2.26. The Balaban J connectivity index is 2.12. The smallest absolute Gasteiger partial charge is 0.264 e. The standard InChI is InChI=1S/C19H24N2O2S/c1-3-4-9-14-20-19-15-10-5-7-12-17(15)21(2)24(22,23)18-13-8-6-11-16(18)19/h5-8,10-13,19-20H,3-4,9,14H2,1-2H3. The van der Waals surface area contributed by atoms with Crippen LogP contribution < -0.4 is 9.62 Å². The van der Waals surface area contributed by atoms with Crippen LogP contribution in [0.15, 0.2) is 53.4 Å². The molecule has 1 aliphatic rings. The van der Waals surface area contributed by atoms with Gasteiger partial charge in [-0.3, -0.25) is 4.31 Å². The predicted octanol–water partition coefficient (Wildman–Crippen LogP) is 3.69. The molecular formula is C19H24N2O2S. The molecule has 1 N–H and O–H groups in total. The van der Waals surface area contributed by atoms with E-state index < -0.39 is 10.0 Å². The first-order valence-corrected chi connectivity index (χ1v) is 9.91. The second kappa shape index (κ2) is 6.95. The molecule has 1 unspecified atom stereocenters. The van der Waals surface area contributed by atoms with Gasteiger partial charge < -0.3 is 5.32 Å². The first-order valence-electron chi connectivity index (χ1n) is 8.47. The molecular weight excluding hydrogens is 320 g/mol. The zero-order chi connectivity index (χ0) is 17.2. The number of para-hydroxylation sites is 1. The van der Waals surface area contributed by atoms with Gasteiger partial charge in [-0.1, -0.05) is 56.2 Å². The van der Waals surface area contributed by atoms with Crippen molar-refractivity contribution in [3.05, 3.63) is 59.7 Å². The van der Waals surface area contributed by atoms with Crippen molar-refractivity contribution < 1.29 is 8.42 Å². The molecule has 1 heterocycles. The Morgan fingerprint density at radius 3 is 2.42 bits per heavy atom. The lowest BCUT2D eigenvalue weighted by molar-refractivity contribution is 0.559. The van der Waals surface area contributed by atoms with Gasteiger partial charge in [0.25, 0.3) is 10.0 Å². The fourth-order valence-corrected chi connectivity index (χ4v) is 4.71. The molecule has 1 aliphatic heterocycles. The van der Waals surface area contributed by atoms with Crippen LogP contribution in [0, 0.1) is 0 Å². The number of nitrogens with zero attached hydrogens (tertiary/aromatic N) is 1. The van der Waals surface area contributed by atoms with Crippen molar-refractivity contribution in [3.63, 3.8) is 0 Å². The normalized spacial score (nSPS) is 18.6. The highest BCUT2D eigenvalue weighted by atomic mass is 32.2. The summed E-state index contributed by atoms with van der Waals surface area (Å²) in [6, 6.07) is 14.9. The van der Waals surface area contributed by atoms with Crippen LogP contribution in [-0.4, -0.2) is 22.0 Å². The molecule has 0 radical (unpaired) electrons. The number of hydrogen-bond donors (Lipinski definition) is 1. The van der Waals surface area contributed by atoms with E-state index >= 15 is 0 Å². The van der Waals surface area contributed by atoms with E-state index in [1.165, 1.54) is 10.7 Å². The first-order chi connectivity index (χ1) is 11.6. The highest BCUT2D eigenvalue weighted by molar-refractivity contribution is 7.92. The Hall–Kier alpha value is -1.85. The third-order valence-electron chi connectivity index (χ3n) is 4.58. The summed E-state index contributed by atoms with van der Waals surface area (Å²) in [6.07, 6.45) is 3.41. The minimum absolute atomic E-state index is 0.117. The molecule has 0 amide bonds. The van der Waals surface area contributed by atoms with Crippen molar-refractivity contribution in [1.29, 1.82) is 0 Å². The van der Waals surface area contributed by atoms with E-state index in [2.05, 4.69) is 12.2 Å². The van der Waals surface area contributed by atoms with Gasteiger partial charge >= 0.3 is 0 Å². The van der Waals surface area contributed by atoms with E-state index in [1.54, 1.807) is 19.2 Å². The molecule has 0 aliphatic carbocycles. The van der Waals surface area contributed by atoms with Crippen molar-refractivity contribution in [2.75, 3.05) is 17.9 Å². The molecule has 0 aromatic heterocycles. The number of fused-ring (bicyclic) bond motifs is 2. The van der Waals surface area contributed by atoms with Gasteiger partial charge in [-0.05, 0) is 36.2 Å². The van der Waals surface area contributed by atoms with E-state index in [1.807, 2.05) is 36.4 Å². The summed E-state index contributed by atoms with van der Waals surface area (Å²) < 4.78 is 27.4. The van der Waals surface area contributed by atoms with Gasteiger partial charge in [0, 0.05) is 7.05 Å². The van der Waals surface area contributed by atoms with Gasteiger partial charge in [-0.2, -0.15) is 0 Å². The first kappa shape index (κ1) is 17.0. The SMILES string of the molecule is CCCCCNC1c2ccccc2N(C)S(=O)(=O)c2ccccc21. The molecule has 2 aromatic rings. The Morgan fingerprint density at radius 2 is 1.67 bits per heavy atom. The number of rotatable bonds is 5. The molecule has 0 spiro atoms. The second-order valence-corrected chi connectivity index (χ2v) is 8.10. The number of anilines is 1. The topological polar surface area (TPSA) is 49.4 Å². The lowest BCUT2D eigenvalue weighted by atomic mass is 9.96. The van der Waals surface area contributed by atoms with Crippen LogP contribution in [0.5, 0.6) is 0 Å². The highest BCUT2D eigenvalue weighted by Gasteiger charge is 2.34. The molecule has 128 valence electrons. The largest absolute Gasteiger partial charge is 0.306 e. The van der Waals surface area contributed by atoms with Crippen LogP contribution in [-0.2, 0) is 10.0 Å². The Labute approximate surface area is 144 Å². The third-order valence-corrected chi connectivity index (χ3v) is 6.43. The minimum Gasteiger partial charge on any atom is -0.306 e. The van der Waals surface area contributed by atoms with Crippen LogP contribution in [0.4, 0.5) is 5.69 Å². The molecule has 2 aromatic carbocycles. The highest BCUT2D eigenvalue weighted by Crippen LogP contribution is 2.39. The summed E-state index contributed by atoms with van der Waals surface area (Å²) in [5.74, 6) is 0. The zero-order valence-corrected chi connectivity index (χ0v) is 15.0. The number of unbranched alkanes of at least 4 members (excludes halogenated alkanes) is 2. The fraction of sp³-hybridized carbons (Fsp3) is 0.368. The average molecular weight is 344 g/mol. The lowest BCUT2D eigenvalue weighted by Gasteiger charge is -2.22. The van der Waals surface area contributed by atoms with Crippen LogP contribution >= 0.6 is 0 Å². The summed E-state index contributed by atoms with van der Waals surface area (Å²) in [5, 5.41) is 3.58. The van der Waals surface area contributed by atoms with Crippen LogP contribution in [0.2, 0.25) is 0 Å². The summed E-state index contributed by atoms with van der Waals surface area (Å²) in [4.78, 5) is 0.386. The van der Waals surface area contributed by atoms with E-state index in [0.717, 1.165) is 36.2 Å². The van der Waals surface area contributed by atoms with Crippen molar-refractivity contribution in [2.24, 2.45) is 0 Å².